The molecule has 0 heterocycles. The number of rotatable bonds is 29. The van der Waals surface area contributed by atoms with Crippen molar-refractivity contribution in [1.29, 1.82) is 0 Å². The van der Waals surface area contributed by atoms with E-state index in [0.717, 1.165) is 12.8 Å². The zero-order chi connectivity index (χ0) is 27.7. The largest absolute Gasteiger partial charge is 0.472 e. The third-order valence-electron chi connectivity index (χ3n) is 6.33. The van der Waals surface area contributed by atoms with Gasteiger partial charge in [-0.2, -0.15) is 0 Å². The second-order valence-corrected chi connectivity index (χ2v) is 12.7. The highest BCUT2D eigenvalue weighted by molar-refractivity contribution is 7.47. The molecule has 222 valence electrons. The molecule has 0 aromatic carbocycles. The topological polar surface area (TPSA) is 74.2 Å². The standard InChI is InChI=1S/C29H60NO6P/c1-6-8-9-10-11-12-13-14-15-16-17-18-19-20-21-22-25-34-29(27-33-24-7-2)28-36-37(31,32)35-26-23-30(3,4)5/h7,29H,2,6,8-28H2,1,3-5H3/p+1. The van der Waals surface area contributed by atoms with Gasteiger partial charge in [0.1, 0.15) is 19.3 Å². The summed E-state index contributed by atoms with van der Waals surface area (Å²) in [5.74, 6) is 0. The van der Waals surface area contributed by atoms with E-state index in [1.54, 1.807) is 6.08 Å². The predicted octanol–water partition coefficient (Wildman–Crippen LogP) is 7.68. The van der Waals surface area contributed by atoms with Crippen LogP contribution in [-0.4, -0.2) is 76.2 Å². The van der Waals surface area contributed by atoms with E-state index in [4.69, 9.17) is 18.5 Å². The first-order valence-electron chi connectivity index (χ1n) is 14.9. The Balaban J connectivity index is 3.80. The van der Waals surface area contributed by atoms with Crippen LogP contribution in [0.4, 0.5) is 0 Å². The maximum atomic E-state index is 12.2. The van der Waals surface area contributed by atoms with Gasteiger partial charge in [-0.15, -0.1) is 6.58 Å². The van der Waals surface area contributed by atoms with Gasteiger partial charge in [0.15, 0.2) is 0 Å². The molecule has 0 saturated heterocycles. The lowest BCUT2D eigenvalue weighted by molar-refractivity contribution is -0.870. The summed E-state index contributed by atoms with van der Waals surface area (Å²) in [7, 11) is 1.86. The van der Waals surface area contributed by atoms with Crippen LogP contribution in [0.5, 0.6) is 0 Å². The van der Waals surface area contributed by atoms with Gasteiger partial charge in [-0.1, -0.05) is 109 Å². The van der Waals surface area contributed by atoms with Crippen molar-refractivity contribution in [2.75, 3.05) is 60.7 Å². The quantitative estimate of drug-likeness (QED) is 0.0446. The lowest BCUT2D eigenvalue weighted by Crippen LogP contribution is -2.37. The van der Waals surface area contributed by atoms with E-state index < -0.39 is 13.9 Å². The molecule has 0 aliphatic heterocycles. The first-order chi connectivity index (χ1) is 17.7. The number of ether oxygens (including phenoxy) is 2. The van der Waals surface area contributed by atoms with Crippen molar-refractivity contribution in [3.63, 3.8) is 0 Å². The molecule has 2 atom stereocenters. The monoisotopic (exact) mass is 550 g/mol. The highest BCUT2D eigenvalue weighted by atomic mass is 31.2. The predicted molar refractivity (Wildman–Crippen MR) is 155 cm³/mol. The van der Waals surface area contributed by atoms with Crippen molar-refractivity contribution in [2.24, 2.45) is 0 Å². The molecule has 0 spiro atoms. The average molecular weight is 551 g/mol. The average Bonchev–Trinajstić information content (AvgIpc) is 2.83. The summed E-state index contributed by atoms with van der Waals surface area (Å²) in [6, 6.07) is 0. The molecule has 0 aliphatic carbocycles. The first-order valence-corrected chi connectivity index (χ1v) is 16.4. The van der Waals surface area contributed by atoms with Crippen LogP contribution in [-0.2, 0) is 23.1 Å². The number of nitrogens with zero attached hydrogens (tertiary/aromatic N) is 1. The Kier molecular flexibility index (Phi) is 24.6. The molecule has 0 rings (SSSR count). The van der Waals surface area contributed by atoms with Crippen LogP contribution in [0.2, 0.25) is 0 Å². The molecule has 1 N–H and O–H groups in total. The van der Waals surface area contributed by atoms with E-state index in [9.17, 15) is 9.46 Å². The minimum atomic E-state index is -4.11. The fraction of sp³-hybridized carbons (Fsp3) is 0.931. The maximum absolute atomic E-state index is 12.2. The van der Waals surface area contributed by atoms with Crippen molar-refractivity contribution < 1.29 is 32.5 Å². The molecule has 0 aromatic heterocycles. The molecule has 0 radical (unpaired) electrons. The van der Waals surface area contributed by atoms with Crippen molar-refractivity contribution in [3.8, 4) is 0 Å². The van der Waals surface area contributed by atoms with E-state index in [-0.39, 0.29) is 19.8 Å². The van der Waals surface area contributed by atoms with E-state index >= 15 is 0 Å². The Morgan fingerprint density at radius 1 is 0.757 bits per heavy atom. The summed E-state index contributed by atoms with van der Waals surface area (Å²) in [6.45, 7) is 7.89. The van der Waals surface area contributed by atoms with Gasteiger partial charge >= 0.3 is 7.82 Å². The first kappa shape index (κ1) is 36.7. The minimum Gasteiger partial charge on any atom is -0.375 e. The maximum Gasteiger partial charge on any atom is 0.472 e. The highest BCUT2D eigenvalue weighted by Crippen LogP contribution is 2.43. The minimum absolute atomic E-state index is 0.0475. The van der Waals surface area contributed by atoms with E-state index in [2.05, 4.69) is 13.5 Å². The number of hydrogen-bond acceptors (Lipinski definition) is 5. The molecule has 0 fully saturated rings. The van der Waals surface area contributed by atoms with E-state index in [1.165, 1.54) is 89.9 Å². The van der Waals surface area contributed by atoms with Gasteiger partial charge in [-0.05, 0) is 6.42 Å². The molecule has 8 heteroatoms. The van der Waals surface area contributed by atoms with Crippen molar-refractivity contribution in [3.05, 3.63) is 12.7 Å². The molecule has 0 saturated carbocycles. The second kappa shape index (κ2) is 24.7. The lowest BCUT2D eigenvalue weighted by Gasteiger charge is -2.24. The molecule has 37 heavy (non-hydrogen) atoms. The Morgan fingerprint density at radius 2 is 1.24 bits per heavy atom. The van der Waals surface area contributed by atoms with Gasteiger partial charge in [0.2, 0.25) is 0 Å². The molecular formula is C29H61NO6P+. The highest BCUT2D eigenvalue weighted by Gasteiger charge is 2.25. The van der Waals surface area contributed by atoms with Gasteiger partial charge in [0.25, 0.3) is 0 Å². The van der Waals surface area contributed by atoms with Crippen molar-refractivity contribution >= 4 is 7.82 Å². The summed E-state index contributed by atoms with van der Waals surface area (Å²) >= 11 is 0. The molecule has 0 aliphatic rings. The van der Waals surface area contributed by atoms with Crippen LogP contribution in [0.25, 0.3) is 0 Å². The number of hydrogen-bond donors (Lipinski definition) is 1. The second-order valence-electron chi connectivity index (χ2n) is 11.2. The summed E-state index contributed by atoms with van der Waals surface area (Å²) in [6.07, 6.45) is 22.5. The molecule has 7 nitrogen and oxygen atoms in total. The SMILES string of the molecule is C=CCOCC(COP(=O)(O)OCC[N+](C)(C)C)OCCCCCCCCCCCCCCCCCC. The number of phosphoric ester groups is 1. The van der Waals surface area contributed by atoms with Crippen molar-refractivity contribution in [2.45, 2.75) is 116 Å². The van der Waals surface area contributed by atoms with Crippen LogP contribution in [0.3, 0.4) is 0 Å². The third kappa shape index (κ3) is 28.6. The molecule has 0 aromatic rings. The van der Waals surface area contributed by atoms with Gasteiger partial charge < -0.3 is 18.9 Å². The smallest absolute Gasteiger partial charge is 0.375 e. The Hall–Kier alpha value is -0.270. The summed E-state index contributed by atoms with van der Waals surface area (Å²) in [4.78, 5) is 9.94. The van der Waals surface area contributed by atoms with Gasteiger partial charge in [-0.3, -0.25) is 9.05 Å². The van der Waals surface area contributed by atoms with Crippen LogP contribution in [0.1, 0.15) is 110 Å². The molecule has 0 bridgehead atoms. The van der Waals surface area contributed by atoms with Crippen LogP contribution in [0.15, 0.2) is 12.7 Å². The van der Waals surface area contributed by atoms with E-state index in [0.29, 0.717) is 24.2 Å². The van der Waals surface area contributed by atoms with Crippen LogP contribution in [0, 0.1) is 0 Å². The fourth-order valence-electron chi connectivity index (χ4n) is 3.97. The molecular weight excluding hydrogens is 489 g/mol. The molecule has 0 amide bonds. The number of phosphoric acid groups is 1. The number of unbranched alkanes of at least 4 members (excludes halogenated alkanes) is 15. The Morgan fingerprint density at radius 3 is 1.70 bits per heavy atom. The Labute approximate surface area is 229 Å². The normalized spacial score (nSPS) is 14.5. The van der Waals surface area contributed by atoms with Gasteiger partial charge in [0.05, 0.1) is 41.0 Å². The Bertz CT molecular complexity index is 555. The lowest BCUT2D eigenvalue weighted by atomic mass is 10.0. The number of likely N-dealkylation sites (N-methyl/N-ethyl adjacent to an activating group) is 1. The summed E-state index contributed by atoms with van der Waals surface area (Å²) in [5, 5.41) is 0. The zero-order valence-electron chi connectivity index (χ0n) is 24.8. The zero-order valence-corrected chi connectivity index (χ0v) is 25.7. The van der Waals surface area contributed by atoms with Crippen molar-refractivity contribution in [1.82, 2.24) is 0 Å². The third-order valence-corrected chi connectivity index (χ3v) is 7.32. The molecule has 2 unspecified atom stereocenters. The summed E-state index contributed by atoms with van der Waals surface area (Å²) in [5.41, 5.74) is 0. The fourth-order valence-corrected chi connectivity index (χ4v) is 4.71. The summed E-state index contributed by atoms with van der Waals surface area (Å²) < 4.78 is 34.4. The number of quaternary nitrogens is 1. The van der Waals surface area contributed by atoms with Crippen LogP contribution >= 0.6 is 7.82 Å². The van der Waals surface area contributed by atoms with Crippen LogP contribution < -0.4 is 0 Å². The van der Waals surface area contributed by atoms with E-state index in [1.807, 2.05) is 21.1 Å². The van der Waals surface area contributed by atoms with Gasteiger partial charge in [0, 0.05) is 6.61 Å². The van der Waals surface area contributed by atoms with Gasteiger partial charge in [-0.25, -0.2) is 4.57 Å².